The van der Waals surface area contributed by atoms with Crippen LogP contribution in [0.25, 0.3) is 0 Å². The highest BCUT2D eigenvalue weighted by molar-refractivity contribution is 5.87. The summed E-state index contributed by atoms with van der Waals surface area (Å²) < 4.78 is 25.8. The van der Waals surface area contributed by atoms with Gasteiger partial charge in [0.1, 0.15) is 6.04 Å². The summed E-state index contributed by atoms with van der Waals surface area (Å²) in [5.41, 5.74) is 0. The summed E-state index contributed by atoms with van der Waals surface area (Å²) in [4.78, 5) is 32.9. The molecule has 1 aliphatic rings. The van der Waals surface area contributed by atoms with E-state index >= 15 is 0 Å². The van der Waals surface area contributed by atoms with E-state index in [9.17, 15) is 23.2 Å². The molecular weight excluding hydrogens is 264 g/mol. The number of halogens is 2. The smallest absolute Gasteiger partial charge is 0.326 e. The Bertz CT molecular complexity index is 375. The first-order chi connectivity index (χ1) is 8.71. The molecule has 0 radical (unpaired) electrons. The van der Waals surface area contributed by atoms with Crippen LogP contribution >= 0.6 is 0 Å². The van der Waals surface area contributed by atoms with Crippen molar-refractivity contribution < 1.29 is 33.4 Å². The molecule has 6 nitrogen and oxygen atoms in total. The van der Waals surface area contributed by atoms with Crippen molar-refractivity contribution in [2.24, 2.45) is 5.92 Å². The quantitative estimate of drug-likeness (QED) is 0.692. The van der Waals surface area contributed by atoms with Crippen molar-refractivity contribution in [2.75, 3.05) is 0 Å². The lowest BCUT2D eigenvalue weighted by molar-refractivity contribution is -0.148. The number of rotatable bonds is 5. The molecule has 0 aliphatic heterocycles. The summed E-state index contributed by atoms with van der Waals surface area (Å²) in [5.74, 6) is -6.96. The Kier molecular flexibility index (Phi) is 4.79. The fraction of sp³-hybridized carbons (Fsp3) is 0.727. The van der Waals surface area contributed by atoms with Gasteiger partial charge in [-0.05, 0) is 12.8 Å². The Morgan fingerprint density at radius 1 is 1.21 bits per heavy atom. The third-order valence-corrected chi connectivity index (χ3v) is 3.08. The Balaban J connectivity index is 2.53. The highest BCUT2D eigenvalue weighted by Crippen LogP contribution is 2.36. The largest absolute Gasteiger partial charge is 0.481 e. The predicted molar refractivity (Wildman–Crippen MR) is 58.7 cm³/mol. The fourth-order valence-corrected chi connectivity index (χ4v) is 1.97. The van der Waals surface area contributed by atoms with Gasteiger partial charge in [0.05, 0.1) is 6.42 Å². The maximum atomic E-state index is 12.9. The van der Waals surface area contributed by atoms with Gasteiger partial charge in [-0.2, -0.15) is 0 Å². The Morgan fingerprint density at radius 2 is 1.74 bits per heavy atom. The van der Waals surface area contributed by atoms with Gasteiger partial charge in [0.15, 0.2) is 0 Å². The van der Waals surface area contributed by atoms with Crippen LogP contribution in [-0.2, 0) is 14.4 Å². The number of carboxylic acids is 2. The molecule has 19 heavy (non-hydrogen) atoms. The van der Waals surface area contributed by atoms with Gasteiger partial charge in [-0.1, -0.05) is 0 Å². The van der Waals surface area contributed by atoms with Crippen molar-refractivity contribution in [1.82, 2.24) is 5.32 Å². The predicted octanol–water partition coefficient (Wildman–Crippen LogP) is 0.856. The molecule has 0 unspecified atom stereocenters. The molecule has 1 fully saturated rings. The monoisotopic (exact) mass is 279 g/mol. The molecule has 1 rings (SSSR count). The zero-order chi connectivity index (χ0) is 14.6. The molecule has 108 valence electrons. The number of hydrogen-bond acceptors (Lipinski definition) is 3. The summed E-state index contributed by atoms with van der Waals surface area (Å²) >= 11 is 0. The van der Waals surface area contributed by atoms with Gasteiger partial charge < -0.3 is 15.5 Å². The number of amides is 1. The van der Waals surface area contributed by atoms with Gasteiger partial charge in [0, 0.05) is 18.8 Å². The lowest BCUT2D eigenvalue weighted by Crippen LogP contribution is -2.46. The van der Waals surface area contributed by atoms with E-state index in [0.29, 0.717) is 0 Å². The van der Waals surface area contributed by atoms with Crippen LogP contribution in [0.15, 0.2) is 0 Å². The van der Waals surface area contributed by atoms with E-state index in [4.69, 9.17) is 10.2 Å². The molecule has 0 aromatic carbocycles. The van der Waals surface area contributed by atoms with E-state index in [1.807, 2.05) is 0 Å². The number of carbonyl (C=O) groups excluding carboxylic acids is 1. The van der Waals surface area contributed by atoms with Crippen molar-refractivity contribution in [2.45, 2.75) is 44.1 Å². The van der Waals surface area contributed by atoms with Crippen molar-refractivity contribution in [3.8, 4) is 0 Å². The zero-order valence-electron chi connectivity index (χ0n) is 10.1. The maximum absolute atomic E-state index is 12.9. The van der Waals surface area contributed by atoms with Gasteiger partial charge >= 0.3 is 11.9 Å². The topological polar surface area (TPSA) is 104 Å². The second kappa shape index (κ2) is 5.94. The Labute approximate surface area is 107 Å². The van der Waals surface area contributed by atoms with Crippen LogP contribution in [0.4, 0.5) is 8.78 Å². The molecule has 0 saturated heterocycles. The minimum atomic E-state index is -2.77. The minimum Gasteiger partial charge on any atom is -0.481 e. The van der Waals surface area contributed by atoms with E-state index < -0.39 is 55.0 Å². The first-order valence-corrected chi connectivity index (χ1v) is 5.84. The Morgan fingerprint density at radius 3 is 2.16 bits per heavy atom. The highest BCUT2D eigenvalue weighted by atomic mass is 19.3. The third kappa shape index (κ3) is 4.80. The van der Waals surface area contributed by atoms with Crippen LogP contribution in [0.3, 0.4) is 0 Å². The van der Waals surface area contributed by atoms with E-state index in [0.717, 1.165) is 0 Å². The Hall–Kier alpha value is -1.73. The number of carboxylic acid groups (broad SMARTS) is 2. The van der Waals surface area contributed by atoms with Crippen molar-refractivity contribution in [3.63, 3.8) is 0 Å². The average Bonchev–Trinajstić information content (AvgIpc) is 2.27. The third-order valence-electron chi connectivity index (χ3n) is 3.08. The van der Waals surface area contributed by atoms with Crippen LogP contribution in [0.2, 0.25) is 0 Å². The second-order valence-corrected chi connectivity index (χ2v) is 4.63. The maximum Gasteiger partial charge on any atom is 0.326 e. The molecule has 1 aliphatic carbocycles. The lowest BCUT2D eigenvalue weighted by atomic mass is 9.86. The van der Waals surface area contributed by atoms with Gasteiger partial charge in [-0.15, -0.1) is 0 Å². The first kappa shape index (κ1) is 15.3. The summed E-state index contributed by atoms with van der Waals surface area (Å²) in [5, 5.41) is 19.3. The highest BCUT2D eigenvalue weighted by Gasteiger charge is 2.38. The van der Waals surface area contributed by atoms with Gasteiger partial charge in [-0.25, -0.2) is 13.6 Å². The number of hydrogen-bond donors (Lipinski definition) is 3. The SMILES string of the molecule is O=C(O)C[C@@H](NC(=O)C1CCC(F)(F)CC1)C(=O)O. The molecule has 0 heterocycles. The zero-order valence-corrected chi connectivity index (χ0v) is 10.1. The molecule has 0 bridgehead atoms. The minimum absolute atomic E-state index is 0.0295. The number of carbonyl (C=O) groups is 3. The van der Waals surface area contributed by atoms with E-state index in [1.165, 1.54) is 0 Å². The van der Waals surface area contributed by atoms with Crippen LogP contribution in [-0.4, -0.2) is 40.0 Å². The van der Waals surface area contributed by atoms with Crippen molar-refractivity contribution in [3.05, 3.63) is 0 Å². The molecule has 0 aromatic rings. The fourth-order valence-electron chi connectivity index (χ4n) is 1.97. The molecule has 1 atom stereocenters. The van der Waals surface area contributed by atoms with Crippen LogP contribution in [0.5, 0.6) is 0 Å². The molecule has 8 heteroatoms. The standard InChI is InChI=1S/C11H15F2NO5/c12-11(13)3-1-6(2-4-11)9(17)14-7(10(18)19)5-8(15)16/h6-7H,1-5H2,(H,14,17)(H,15,16)(H,18,19)/t7-/m1/s1. The molecule has 1 saturated carbocycles. The van der Waals surface area contributed by atoms with Crippen molar-refractivity contribution >= 4 is 17.8 Å². The van der Waals surface area contributed by atoms with Crippen LogP contribution in [0, 0.1) is 5.92 Å². The van der Waals surface area contributed by atoms with Gasteiger partial charge in [0.2, 0.25) is 11.8 Å². The second-order valence-electron chi connectivity index (χ2n) is 4.63. The summed E-state index contributed by atoms with van der Waals surface area (Å²) in [6.07, 6.45) is -1.63. The molecule has 0 aromatic heterocycles. The summed E-state index contributed by atoms with van der Waals surface area (Å²) in [7, 11) is 0. The summed E-state index contributed by atoms with van der Waals surface area (Å²) in [6.45, 7) is 0. The molecule has 1 amide bonds. The van der Waals surface area contributed by atoms with Crippen molar-refractivity contribution in [1.29, 1.82) is 0 Å². The molecule has 3 N–H and O–H groups in total. The van der Waals surface area contributed by atoms with Crippen LogP contribution in [0.1, 0.15) is 32.1 Å². The van der Waals surface area contributed by atoms with E-state index in [2.05, 4.69) is 5.32 Å². The molecular formula is C11H15F2NO5. The normalized spacial score (nSPS) is 20.5. The van der Waals surface area contributed by atoms with E-state index in [1.54, 1.807) is 0 Å². The summed E-state index contributed by atoms with van der Waals surface area (Å²) in [6, 6.07) is -1.53. The molecule has 0 spiro atoms. The van der Waals surface area contributed by atoms with Gasteiger partial charge in [0.25, 0.3) is 0 Å². The van der Waals surface area contributed by atoms with Gasteiger partial charge in [-0.3, -0.25) is 9.59 Å². The van der Waals surface area contributed by atoms with E-state index in [-0.39, 0.29) is 12.8 Å². The number of aliphatic carboxylic acids is 2. The number of nitrogens with one attached hydrogen (secondary N) is 1. The van der Waals surface area contributed by atoms with Crippen LogP contribution < -0.4 is 5.32 Å². The lowest BCUT2D eigenvalue weighted by Gasteiger charge is -2.28. The number of alkyl halides is 2. The first-order valence-electron chi connectivity index (χ1n) is 5.84. The average molecular weight is 279 g/mol.